The lowest BCUT2D eigenvalue weighted by atomic mass is 9.87. The Labute approximate surface area is 127 Å². The minimum atomic E-state index is -0.789. The van der Waals surface area contributed by atoms with E-state index in [1.807, 2.05) is 18.4 Å². The van der Waals surface area contributed by atoms with Crippen LogP contribution >= 0.6 is 11.3 Å². The van der Waals surface area contributed by atoms with Gasteiger partial charge in [-0.3, -0.25) is 14.4 Å². The fourth-order valence-electron chi connectivity index (χ4n) is 2.68. The molecular formula is C15H19NO4S. The highest BCUT2D eigenvalue weighted by Gasteiger charge is 2.32. The molecule has 1 aliphatic heterocycles. The quantitative estimate of drug-likeness (QED) is 0.847. The molecule has 1 fully saturated rings. The number of hydrogen-bond donors (Lipinski definition) is 1. The van der Waals surface area contributed by atoms with Crippen LogP contribution in [0.1, 0.15) is 35.9 Å². The first-order valence-electron chi connectivity index (χ1n) is 7.06. The third-order valence-corrected chi connectivity index (χ3v) is 4.85. The van der Waals surface area contributed by atoms with Crippen molar-refractivity contribution in [2.75, 3.05) is 13.1 Å². The van der Waals surface area contributed by atoms with Gasteiger partial charge in [-0.2, -0.15) is 0 Å². The predicted molar refractivity (Wildman–Crippen MR) is 79.4 cm³/mol. The van der Waals surface area contributed by atoms with Gasteiger partial charge in [-0.25, -0.2) is 0 Å². The van der Waals surface area contributed by atoms with Crippen molar-refractivity contribution < 1.29 is 19.5 Å². The smallest absolute Gasteiger partial charge is 0.306 e. The van der Waals surface area contributed by atoms with Gasteiger partial charge in [-0.15, -0.1) is 11.3 Å². The van der Waals surface area contributed by atoms with Gasteiger partial charge in [0.05, 0.1) is 10.8 Å². The largest absolute Gasteiger partial charge is 0.481 e. The second-order valence-corrected chi connectivity index (χ2v) is 6.40. The molecule has 0 radical (unpaired) electrons. The zero-order valence-corrected chi connectivity index (χ0v) is 12.8. The molecule has 0 saturated carbocycles. The summed E-state index contributed by atoms with van der Waals surface area (Å²) < 4.78 is 0. The number of ketones is 1. The van der Waals surface area contributed by atoms with Gasteiger partial charge in [-0.1, -0.05) is 13.0 Å². The average Bonchev–Trinajstić information content (AvgIpc) is 2.98. The number of amides is 1. The molecule has 2 heterocycles. The van der Waals surface area contributed by atoms with Crippen molar-refractivity contribution >= 4 is 29.0 Å². The summed E-state index contributed by atoms with van der Waals surface area (Å²) in [5, 5.41) is 10.9. The van der Waals surface area contributed by atoms with Crippen molar-refractivity contribution in [3.8, 4) is 0 Å². The Bertz CT molecular complexity index is 526. The number of hydrogen-bond acceptors (Lipinski definition) is 4. The number of carbonyl (C=O) groups excluding carboxylic acids is 2. The number of likely N-dealkylation sites (tertiary alicyclic amines) is 1. The molecule has 0 aromatic carbocycles. The molecule has 0 bridgehead atoms. The van der Waals surface area contributed by atoms with Gasteiger partial charge in [0.1, 0.15) is 0 Å². The Balaban J connectivity index is 1.82. The normalized spacial score (nSPS) is 22.0. The number of rotatable bonds is 5. The summed E-state index contributed by atoms with van der Waals surface area (Å²) in [7, 11) is 0. The van der Waals surface area contributed by atoms with E-state index >= 15 is 0 Å². The summed E-state index contributed by atoms with van der Waals surface area (Å²) in [5.41, 5.74) is 0. The van der Waals surface area contributed by atoms with Gasteiger partial charge in [0.2, 0.25) is 5.91 Å². The van der Waals surface area contributed by atoms with Gasteiger partial charge in [0.25, 0.3) is 0 Å². The van der Waals surface area contributed by atoms with Crippen LogP contribution in [0.5, 0.6) is 0 Å². The number of aliphatic carboxylic acids is 1. The molecule has 2 atom stereocenters. The van der Waals surface area contributed by atoms with Crippen molar-refractivity contribution in [2.24, 2.45) is 11.8 Å². The number of piperidine rings is 1. The number of nitrogens with zero attached hydrogens (tertiary/aromatic N) is 1. The lowest BCUT2D eigenvalue weighted by molar-refractivity contribution is -0.148. The molecule has 2 rings (SSSR count). The third kappa shape index (κ3) is 3.91. The molecule has 0 spiro atoms. The van der Waals surface area contributed by atoms with Crippen molar-refractivity contribution in [3.05, 3.63) is 22.4 Å². The Morgan fingerprint density at radius 2 is 2.14 bits per heavy atom. The van der Waals surface area contributed by atoms with Gasteiger partial charge in [-0.05, 0) is 23.8 Å². The van der Waals surface area contributed by atoms with E-state index in [1.165, 1.54) is 11.3 Å². The summed E-state index contributed by atoms with van der Waals surface area (Å²) in [5.74, 6) is -1.28. The fraction of sp³-hybridized carbons (Fsp3) is 0.533. The molecule has 1 aromatic rings. The van der Waals surface area contributed by atoms with E-state index in [4.69, 9.17) is 5.11 Å². The van der Waals surface area contributed by atoms with Gasteiger partial charge in [0, 0.05) is 25.9 Å². The van der Waals surface area contributed by atoms with Crippen molar-refractivity contribution in [3.63, 3.8) is 0 Å². The molecule has 21 heavy (non-hydrogen) atoms. The maximum Gasteiger partial charge on any atom is 0.306 e. The Hall–Kier alpha value is -1.69. The first kappa shape index (κ1) is 15.7. The molecule has 1 amide bonds. The van der Waals surface area contributed by atoms with Crippen LogP contribution in [0.3, 0.4) is 0 Å². The maximum absolute atomic E-state index is 12.1. The van der Waals surface area contributed by atoms with Crippen molar-refractivity contribution in [1.29, 1.82) is 0 Å². The number of Topliss-reactive ketones (excluding diaryl/α,β-unsaturated/α-hetero) is 1. The Kier molecular flexibility index (Phi) is 5.12. The minimum absolute atomic E-state index is 0.00757. The standard InChI is InChI=1S/C15H19NO4S/c1-10-9-16(7-6-11(10)15(19)20)14(18)5-4-12(17)13-3-2-8-21-13/h2-3,8,10-11H,4-7,9H2,1H3,(H,19,20). The van der Waals surface area contributed by atoms with E-state index in [1.54, 1.807) is 11.0 Å². The first-order valence-corrected chi connectivity index (χ1v) is 7.94. The van der Waals surface area contributed by atoms with Crippen LogP contribution in [0.15, 0.2) is 17.5 Å². The summed E-state index contributed by atoms with van der Waals surface area (Å²) in [6.07, 6.45) is 0.898. The molecule has 1 aliphatic rings. The van der Waals surface area contributed by atoms with Crippen LogP contribution in [0.25, 0.3) is 0 Å². The molecule has 1 saturated heterocycles. The monoisotopic (exact) mass is 309 g/mol. The number of carboxylic acids is 1. The molecule has 2 unspecified atom stereocenters. The molecule has 5 nitrogen and oxygen atoms in total. The van der Waals surface area contributed by atoms with Crippen LogP contribution in [0.2, 0.25) is 0 Å². The van der Waals surface area contributed by atoms with E-state index in [2.05, 4.69) is 0 Å². The Morgan fingerprint density at radius 3 is 2.71 bits per heavy atom. The minimum Gasteiger partial charge on any atom is -0.481 e. The molecule has 6 heteroatoms. The van der Waals surface area contributed by atoms with Crippen LogP contribution in [0, 0.1) is 11.8 Å². The van der Waals surface area contributed by atoms with Crippen molar-refractivity contribution in [1.82, 2.24) is 4.90 Å². The zero-order chi connectivity index (χ0) is 15.4. The summed E-state index contributed by atoms with van der Waals surface area (Å²) >= 11 is 1.38. The molecular weight excluding hydrogens is 290 g/mol. The van der Waals surface area contributed by atoms with E-state index in [-0.39, 0.29) is 36.4 Å². The second kappa shape index (κ2) is 6.85. The van der Waals surface area contributed by atoms with E-state index in [9.17, 15) is 14.4 Å². The first-order chi connectivity index (χ1) is 9.99. The van der Waals surface area contributed by atoms with Gasteiger partial charge in [0.15, 0.2) is 5.78 Å². The highest BCUT2D eigenvalue weighted by molar-refractivity contribution is 7.12. The van der Waals surface area contributed by atoms with E-state index < -0.39 is 5.97 Å². The number of carboxylic acid groups (broad SMARTS) is 1. The van der Waals surface area contributed by atoms with Gasteiger partial charge < -0.3 is 10.0 Å². The van der Waals surface area contributed by atoms with Crippen LogP contribution < -0.4 is 0 Å². The highest BCUT2D eigenvalue weighted by atomic mass is 32.1. The molecule has 1 aromatic heterocycles. The summed E-state index contributed by atoms with van der Waals surface area (Å²) in [6, 6.07) is 3.58. The lowest BCUT2D eigenvalue weighted by Crippen LogP contribution is -2.45. The van der Waals surface area contributed by atoms with Crippen LogP contribution in [-0.4, -0.2) is 40.8 Å². The van der Waals surface area contributed by atoms with E-state index in [0.29, 0.717) is 24.4 Å². The maximum atomic E-state index is 12.1. The van der Waals surface area contributed by atoms with Gasteiger partial charge >= 0.3 is 5.97 Å². The van der Waals surface area contributed by atoms with E-state index in [0.717, 1.165) is 0 Å². The molecule has 0 aliphatic carbocycles. The lowest BCUT2D eigenvalue weighted by Gasteiger charge is -2.35. The average molecular weight is 309 g/mol. The van der Waals surface area contributed by atoms with Crippen LogP contribution in [0.4, 0.5) is 0 Å². The van der Waals surface area contributed by atoms with Crippen molar-refractivity contribution in [2.45, 2.75) is 26.2 Å². The molecule has 1 N–H and O–H groups in total. The number of thiophene rings is 1. The number of carbonyl (C=O) groups is 3. The molecule has 114 valence electrons. The fourth-order valence-corrected chi connectivity index (χ4v) is 3.37. The second-order valence-electron chi connectivity index (χ2n) is 5.45. The zero-order valence-electron chi connectivity index (χ0n) is 11.9. The highest BCUT2D eigenvalue weighted by Crippen LogP contribution is 2.24. The summed E-state index contributed by atoms with van der Waals surface area (Å²) in [4.78, 5) is 37.4. The SMILES string of the molecule is CC1CN(C(=O)CCC(=O)c2cccs2)CCC1C(=O)O. The predicted octanol–water partition coefficient (Wildman–Crippen LogP) is 2.28. The van der Waals surface area contributed by atoms with Crippen LogP contribution in [-0.2, 0) is 9.59 Å². The summed E-state index contributed by atoms with van der Waals surface area (Å²) in [6.45, 7) is 2.78. The third-order valence-electron chi connectivity index (χ3n) is 3.94. The topological polar surface area (TPSA) is 74.7 Å². The Morgan fingerprint density at radius 1 is 1.38 bits per heavy atom.